The molecule has 2 heterocycles. The van der Waals surface area contributed by atoms with Gasteiger partial charge in [-0.05, 0) is 25.1 Å². The molecule has 6 heteroatoms. The van der Waals surface area contributed by atoms with Crippen LogP contribution in [0.25, 0.3) is 0 Å². The monoisotopic (exact) mass is 330 g/mol. The summed E-state index contributed by atoms with van der Waals surface area (Å²) in [5.74, 6) is -0.344. The van der Waals surface area contributed by atoms with Crippen molar-refractivity contribution in [3.8, 4) is 0 Å². The average Bonchev–Trinajstić information content (AvgIpc) is 3.04. The average molecular weight is 330 g/mol. The number of nitrogens with one attached hydrogen (secondary N) is 1. The Bertz CT molecular complexity index is 623. The van der Waals surface area contributed by atoms with Gasteiger partial charge in [-0.3, -0.25) is 9.59 Å². The van der Waals surface area contributed by atoms with Crippen LogP contribution < -0.4 is 10.2 Å². The van der Waals surface area contributed by atoms with Gasteiger partial charge in [-0.15, -0.1) is 0 Å². The highest BCUT2D eigenvalue weighted by Gasteiger charge is 2.26. The molecule has 0 unspecified atom stereocenters. The van der Waals surface area contributed by atoms with Crippen LogP contribution in [-0.2, 0) is 16.0 Å². The molecule has 1 aromatic carbocycles. The largest absolute Gasteiger partial charge is 0.383 e. The number of fused-ring (bicyclic) bond motifs is 1. The van der Waals surface area contributed by atoms with Gasteiger partial charge in [0.15, 0.2) is 0 Å². The number of likely N-dealkylation sites (N-methyl/N-ethyl adjacent to an activating group) is 1. The minimum atomic E-state index is -0.222. The van der Waals surface area contributed by atoms with Crippen LogP contribution in [0.3, 0.4) is 0 Å². The van der Waals surface area contributed by atoms with Gasteiger partial charge in [-0.2, -0.15) is 0 Å². The molecule has 1 aromatic rings. The molecule has 0 aromatic heterocycles. The fraction of sp³-hybridized carbons (Fsp3) is 0.556. The van der Waals surface area contributed by atoms with Crippen LogP contribution in [0, 0.1) is 0 Å². The second kappa shape index (κ2) is 7.32. The highest BCUT2D eigenvalue weighted by molar-refractivity contribution is 6.16. The normalized spacial score (nSPS) is 18.1. The molecular formula is C18H26N4O2. The Morgan fingerprint density at radius 3 is 2.67 bits per heavy atom. The first-order chi connectivity index (χ1) is 11.6. The first kappa shape index (κ1) is 16.9. The van der Waals surface area contributed by atoms with Crippen LogP contribution in [0.15, 0.2) is 18.2 Å². The van der Waals surface area contributed by atoms with Crippen LogP contribution in [0.4, 0.5) is 11.4 Å². The lowest BCUT2D eigenvalue weighted by atomic mass is 10.1. The summed E-state index contributed by atoms with van der Waals surface area (Å²) in [7, 11) is 2.11. The van der Waals surface area contributed by atoms with Crippen molar-refractivity contribution in [3.63, 3.8) is 0 Å². The van der Waals surface area contributed by atoms with Gasteiger partial charge in [0.1, 0.15) is 0 Å². The standard InChI is InChI=1S/C18H26N4O2/c1-14(23)22(16-5-3-4-15-6-8-19-18(15)16)17(24)7-9-21-12-10-20(2)11-13-21/h3-5,19H,6-13H2,1-2H3. The molecule has 2 amide bonds. The Labute approximate surface area is 143 Å². The number of nitrogens with zero attached hydrogens (tertiary/aromatic N) is 3. The number of imide groups is 1. The molecule has 0 bridgehead atoms. The van der Waals surface area contributed by atoms with Crippen molar-refractivity contribution in [3.05, 3.63) is 23.8 Å². The molecule has 0 spiro atoms. The summed E-state index contributed by atoms with van der Waals surface area (Å²) in [6.45, 7) is 7.04. The third-order valence-corrected chi connectivity index (χ3v) is 4.87. The molecule has 1 N–H and O–H groups in total. The lowest BCUT2D eigenvalue weighted by Crippen LogP contribution is -2.46. The zero-order chi connectivity index (χ0) is 17.1. The summed E-state index contributed by atoms with van der Waals surface area (Å²) < 4.78 is 0. The van der Waals surface area contributed by atoms with Crippen LogP contribution >= 0.6 is 0 Å². The van der Waals surface area contributed by atoms with Gasteiger partial charge in [0.05, 0.1) is 11.4 Å². The van der Waals surface area contributed by atoms with Gasteiger partial charge in [0.2, 0.25) is 11.8 Å². The number of anilines is 2. The van der Waals surface area contributed by atoms with Crippen molar-refractivity contribution >= 4 is 23.2 Å². The number of carbonyl (C=O) groups is 2. The fourth-order valence-corrected chi connectivity index (χ4v) is 3.42. The van der Waals surface area contributed by atoms with E-state index in [0.29, 0.717) is 18.7 Å². The minimum Gasteiger partial charge on any atom is -0.383 e. The molecule has 6 nitrogen and oxygen atoms in total. The van der Waals surface area contributed by atoms with Gasteiger partial charge in [-0.25, -0.2) is 4.90 Å². The van der Waals surface area contributed by atoms with Gasteiger partial charge in [-0.1, -0.05) is 12.1 Å². The molecule has 1 fully saturated rings. The number of piperazine rings is 1. The van der Waals surface area contributed by atoms with Crippen LogP contribution in [0.2, 0.25) is 0 Å². The van der Waals surface area contributed by atoms with Crippen molar-refractivity contribution < 1.29 is 9.59 Å². The lowest BCUT2D eigenvalue weighted by Gasteiger charge is -2.32. The van der Waals surface area contributed by atoms with E-state index in [1.807, 2.05) is 18.2 Å². The number of benzene rings is 1. The molecule has 2 aliphatic rings. The number of carbonyl (C=O) groups excluding carboxylic acids is 2. The Kier molecular flexibility index (Phi) is 5.16. The van der Waals surface area contributed by atoms with Crippen molar-refractivity contribution in [2.75, 3.05) is 56.5 Å². The fourth-order valence-electron chi connectivity index (χ4n) is 3.42. The first-order valence-corrected chi connectivity index (χ1v) is 8.66. The number of para-hydroxylation sites is 1. The van der Waals surface area contributed by atoms with E-state index in [9.17, 15) is 9.59 Å². The van der Waals surface area contributed by atoms with E-state index < -0.39 is 0 Å². The number of hydrogen-bond donors (Lipinski definition) is 1. The quantitative estimate of drug-likeness (QED) is 0.898. The molecule has 2 aliphatic heterocycles. The predicted molar refractivity (Wildman–Crippen MR) is 95.4 cm³/mol. The maximum atomic E-state index is 12.7. The maximum absolute atomic E-state index is 12.7. The summed E-state index contributed by atoms with van der Waals surface area (Å²) in [5.41, 5.74) is 2.80. The summed E-state index contributed by atoms with van der Waals surface area (Å²) in [6.07, 6.45) is 1.30. The molecule has 130 valence electrons. The van der Waals surface area contributed by atoms with Gasteiger partial charge >= 0.3 is 0 Å². The topological polar surface area (TPSA) is 55.9 Å². The zero-order valence-corrected chi connectivity index (χ0v) is 14.5. The summed E-state index contributed by atoms with van der Waals surface area (Å²) in [6, 6.07) is 5.82. The van der Waals surface area contributed by atoms with E-state index in [-0.39, 0.29) is 11.8 Å². The SMILES string of the molecule is CC(=O)N(C(=O)CCN1CCN(C)CC1)c1cccc2c1NCC2. The van der Waals surface area contributed by atoms with Crippen molar-refractivity contribution in [2.45, 2.75) is 19.8 Å². The second-order valence-corrected chi connectivity index (χ2v) is 6.63. The molecule has 3 rings (SSSR count). The van der Waals surface area contributed by atoms with Gasteiger partial charge in [0, 0.05) is 52.6 Å². The van der Waals surface area contributed by atoms with Crippen molar-refractivity contribution in [1.29, 1.82) is 0 Å². The highest BCUT2D eigenvalue weighted by Crippen LogP contribution is 2.33. The summed E-state index contributed by atoms with van der Waals surface area (Å²) >= 11 is 0. The lowest BCUT2D eigenvalue weighted by molar-refractivity contribution is -0.125. The van der Waals surface area contributed by atoms with Crippen LogP contribution in [-0.4, -0.2) is 67.9 Å². The number of hydrogen-bond acceptors (Lipinski definition) is 5. The molecular weight excluding hydrogens is 304 g/mol. The van der Waals surface area contributed by atoms with Crippen molar-refractivity contribution in [1.82, 2.24) is 9.80 Å². The van der Waals surface area contributed by atoms with E-state index in [0.717, 1.165) is 44.8 Å². The van der Waals surface area contributed by atoms with E-state index in [4.69, 9.17) is 0 Å². The van der Waals surface area contributed by atoms with E-state index in [2.05, 4.69) is 22.2 Å². The first-order valence-electron chi connectivity index (χ1n) is 8.66. The molecule has 0 atom stereocenters. The molecule has 1 saturated heterocycles. The maximum Gasteiger partial charge on any atom is 0.235 e. The van der Waals surface area contributed by atoms with E-state index >= 15 is 0 Å². The molecule has 0 radical (unpaired) electrons. The van der Waals surface area contributed by atoms with Gasteiger partial charge in [0.25, 0.3) is 0 Å². The number of amides is 2. The molecule has 0 saturated carbocycles. The number of rotatable bonds is 4. The van der Waals surface area contributed by atoms with E-state index in [1.54, 1.807) is 0 Å². The minimum absolute atomic E-state index is 0.122. The Balaban J connectivity index is 1.69. The Morgan fingerprint density at radius 2 is 1.96 bits per heavy atom. The Morgan fingerprint density at radius 1 is 1.21 bits per heavy atom. The molecule has 0 aliphatic carbocycles. The third kappa shape index (κ3) is 3.60. The van der Waals surface area contributed by atoms with Crippen LogP contribution in [0.1, 0.15) is 18.9 Å². The zero-order valence-electron chi connectivity index (χ0n) is 14.5. The second-order valence-electron chi connectivity index (χ2n) is 6.63. The van der Waals surface area contributed by atoms with Gasteiger partial charge < -0.3 is 15.1 Å². The third-order valence-electron chi connectivity index (χ3n) is 4.87. The van der Waals surface area contributed by atoms with E-state index in [1.165, 1.54) is 17.4 Å². The summed E-state index contributed by atoms with van der Waals surface area (Å²) in [5, 5.41) is 3.31. The van der Waals surface area contributed by atoms with Crippen LogP contribution in [0.5, 0.6) is 0 Å². The molecule has 24 heavy (non-hydrogen) atoms. The smallest absolute Gasteiger partial charge is 0.235 e. The predicted octanol–water partition coefficient (Wildman–Crippen LogP) is 1.17. The highest BCUT2D eigenvalue weighted by atomic mass is 16.2. The van der Waals surface area contributed by atoms with Crippen molar-refractivity contribution in [2.24, 2.45) is 0 Å². The summed E-state index contributed by atoms with van der Waals surface area (Å²) in [4.78, 5) is 30.8. The Hall–Kier alpha value is -1.92.